The van der Waals surface area contributed by atoms with Crippen LogP contribution in [0.4, 0.5) is 4.39 Å². The van der Waals surface area contributed by atoms with E-state index in [2.05, 4.69) is 9.88 Å². The second kappa shape index (κ2) is 9.40. The van der Waals surface area contributed by atoms with E-state index >= 15 is 0 Å². The van der Waals surface area contributed by atoms with Crippen LogP contribution in [0.25, 0.3) is 11.5 Å². The van der Waals surface area contributed by atoms with Crippen molar-refractivity contribution in [1.82, 2.24) is 14.2 Å². The van der Waals surface area contributed by atoms with E-state index in [0.717, 1.165) is 22.8 Å². The highest BCUT2D eigenvalue weighted by Crippen LogP contribution is 2.25. The maximum atomic E-state index is 13.1. The van der Waals surface area contributed by atoms with Gasteiger partial charge in [0.2, 0.25) is 15.9 Å². The summed E-state index contributed by atoms with van der Waals surface area (Å²) in [4.78, 5) is 6.92. The van der Waals surface area contributed by atoms with E-state index in [1.165, 1.54) is 28.6 Å². The first-order valence-electron chi connectivity index (χ1n) is 10.5. The van der Waals surface area contributed by atoms with Gasteiger partial charge in [0.05, 0.1) is 17.2 Å². The fourth-order valence-electron chi connectivity index (χ4n) is 3.65. The summed E-state index contributed by atoms with van der Waals surface area (Å²) in [7, 11) is -3.63. The van der Waals surface area contributed by atoms with Gasteiger partial charge in [-0.25, -0.2) is 17.8 Å². The Morgan fingerprint density at radius 3 is 2.31 bits per heavy atom. The van der Waals surface area contributed by atoms with Crippen molar-refractivity contribution < 1.29 is 22.0 Å². The number of piperazine rings is 1. The molecule has 1 saturated heterocycles. The number of aromatic nitrogens is 1. The van der Waals surface area contributed by atoms with Gasteiger partial charge in [0.15, 0.2) is 0 Å². The average molecular weight is 460 g/mol. The number of aryl methyl sites for hydroxylation is 1. The highest BCUT2D eigenvalue weighted by atomic mass is 32.2. The number of oxazole rings is 1. The molecule has 0 saturated carbocycles. The molecule has 0 aliphatic carbocycles. The van der Waals surface area contributed by atoms with Crippen LogP contribution >= 0.6 is 0 Å². The van der Waals surface area contributed by atoms with Crippen LogP contribution in [-0.2, 0) is 16.6 Å². The second-order valence-corrected chi connectivity index (χ2v) is 9.55. The summed E-state index contributed by atoms with van der Waals surface area (Å²) >= 11 is 0. The van der Waals surface area contributed by atoms with Crippen LogP contribution in [0.2, 0.25) is 0 Å². The summed E-state index contributed by atoms with van der Waals surface area (Å²) < 4.78 is 51.5. The summed E-state index contributed by atoms with van der Waals surface area (Å²) in [6.07, 6.45) is 0. The largest absolute Gasteiger partial charge is 0.494 e. The molecular formula is C23H26FN3O4S. The average Bonchev–Trinajstić information content (AvgIpc) is 3.15. The lowest BCUT2D eigenvalue weighted by atomic mass is 10.2. The summed E-state index contributed by atoms with van der Waals surface area (Å²) in [5.74, 6) is 1.64. The molecule has 3 aromatic rings. The summed E-state index contributed by atoms with van der Waals surface area (Å²) in [6.45, 7) is 6.89. The molecule has 1 aliphatic heterocycles. The van der Waals surface area contributed by atoms with Gasteiger partial charge in [-0.3, -0.25) is 4.90 Å². The van der Waals surface area contributed by atoms with Crippen LogP contribution in [-0.4, -0.2) is 55.4 Å². The predicted octanol–water partition coefficient (Wildman–Crippen LogP) is 3.69. The van der Waals surface area contributed by atoms with E-state index in [4.69, 9.17) is 9.15 Å². The molecule has 0 spiro atoms. The van der Waals surface area contributed by atoms with Crippen molar-refractivity contribution in [2.45, 2.75) is 25.3 Å². The Morgan fingerprint density at radius 2 is 1.69 bits per heavy atom. The quantitative estimate of drug-likeness (QED) is 0.536. The van der Waals surface area contributed by atoms with Crippen molar-refractivity contribution in [2.75, 3.05) is 32.8 Å². The van der Waals surface area contributed by atoms with Gasteiger partial charge in [-0.05, 0) is 62.4 Å². The van der Waals surface area contributed by atoms with Gasteiger partial charge in [-0.2, -0.15) is 4.31 Å². The van der Waals surface area contributed by atoms with Gasteiger partial charge in [0, 0.05) is 38.3 Å². The standard InChI is InChI=1S/C23H26FN3O4S/c1-3-30-20-8-4-18(5-9-20)23-25-22(17(2)31-23)16-26-12-14-27(15-13-26)32(28,29)21-10-6-19(24)7-11-21/h4-11H,3,12-16H2,1-2H3. The summed E-state index contributed by atoms with van der Waals surface area (Å²) in [6, 6.07) is 12.5. The Bertz CT molecular complexity index is 1150. The van der Waals surface area contributed by atoms with Crippen molar-refractivity contribution in [3.63, 3.8) is 0 Å². The van der Waals surface area contributed by atoms with E-state index in [1.54, 1.807) is 0 Å². The van der Waals surface area contributed by atoms with Gasteiger partial charge < -0.3 is 9.15 Å². The van der Waals surface area contributed by atoms with Crippen molar-refractivity contribution in [1.29, 1.82) is 0 Å². The maximum Gasteiger partial charge on any atom is 0.243 e. The molecule has 0 bridgehead atoms. The number of benzene rings is 2. The zero-order valence-corrected chi connectivity index (χ0v) is 18.9. The molecule has 2 heterocycles. The van der Waals surface area contributed by atoms with Gasteiger partial charge in [0.25, 0.3) is 0 Å². The number of hydrogen-bond donors (Lipinski definition) is 0. The van der Waals surface area contributed by atoms with Crippen molar-refractivity contribution >= 4 is 10.0 Å². The van der Waals surface area contributed by atoms with Crippen LogP contribution < -0.4 is 4.74 Å². The molecule has 7 nitrogen and oxygen atoms in total. The third kappa shape index (κ3) is 4.85. The minimum atomic E-state index is -3.63. The molecule has 1 aromatic heterocycles. The molecule has 0 radical (unpaired) electrons. The Morgan fingerprint density at radius 1 is 1.03 bits per heavy atom. The third-order valence-corrected chi connectivity index (χ3v) is 7.37. The number of nitrogens with zero attached hydrogens (tertiary/aromatic N) is 3. The van der Waals surface area contributed by atoms with Gasteiger partial charge in [-0.1, -0.05) is 0 Å². The minimum Gasteiger partial charge on any atom is -0.494 e. The molecule has 2 aromatic carbocycles. The van der Waals surface area contributed by atoms with Gasteiger partial charge >= 0.3 is 0 Å². The Labute approximate surface area is 187 Å². The first-order valence-corrected chi connectivity index (χ1v) is 12.0. The topological polar surface area (TPSA) is 75.9 Å². The van der Waals surface area contributed by atoms with Crippen molar-refractivity contribution in [3.8, 4) is 17.2 Å². The lowest BCUT2D eigenvalue weighted by Gasteiger charge is -2.33. The van der Waals surface area contributed by atoms with Crippen molar-refractivity contribution in [3.05, 3.63) is 65.8 Å². The van der Waals surface area contributed by atoms with E-state index < -0.39 is 15.8 Å². The zero-order valence-electron chi connectivity index (χ0n) is 18.1. The predicted molar refractivity (Wildman–Crippen MR) is 118 cm³/mol. The minimum absolute atomic E-state index is 0.111. The van der Waals surface area contributed by atoms with Crippen molar-refractivity contribution in [2.24, 2.45) is 0 Å². The lowest BCUT2D eigenvalue weighted by molar-refractivity contribution is 0.179. The SMILES string of the molecule is CCOc1ccc(-c2nc(CN3CCN(S(=O)(=O)c4ccc(F)cc4)CC3)c(C)o2)cc1. The van der Waals surface area contributed by atoms with Crippen LogP contribution in [0.3, 0.4) is 0 Å². The van der Waals surface area contributed by atoms with E-state index in [-0.39, 0.29) is 4.90 Å². The monoisotopic (exact) mass is 459 g/mol. The van der Waals surface area contributed by atoms with E-state index in [1.807, 2.05) is 38.1 Å². The normalized spacial score (nSPS) is 15.7. The van der Waals surface area contributed by atoms with Crippen LogP contribution in [0.5, 0.6) is 5.75 Å². The molecule has 1 aliphatic rings. The molecule has 32 heavy (non-hydrogen) atoms. The first kappa shape index (κ1) is 22.4. The molecule has 0 N–H and O–H groups in total. The molecule has 0 amide bonds. The number of hydrogen-bond acceptors (Lipinski definition) is 6. The number of rotatable bonds is 7. The lowest BCUT2D eigenvalue weighted by Crippen LogP contribution is -2.48. The Balaban J connectivity index is 1.38. The number of sulfonamides is 1. The first-order chi connectivity index (χ1) is 15.4. The molecule has 0 atom stereocenters. The van der Waals surface area contributed by atoms with Gasteiger partial charge in [0.1, 0.15) is 17.3 Å². The summed E-state index contributed by atoms with van der Waals surface area (Å²) in [5, 5.41) is 0. The zero-order chi connectivity index (χ0) is 22.7. The third-order valence-electron chi connectivity index (χ3n) is 5.46. The number of halogens is 1. The van der Waals surface area contributed by atoms with Crippen LogP contribution in [0, 0.1) is 12.7 Å². The van der Waals surface area contributed by atoms with Crippen LogP contribution in [0.15, 0.2) is 57.8 Å². The maximum absolute atomic E-state index is 13.1. The molecule has 1 fully saturated rings. The molecule has 9 heteroatoms. The number of ether oxygens (including phenoxy) is 1. The molecule has 4 rings (SSSR count). The van der Waals surface area contributed by atoms with Crippen LogP contribution in [0.1, 0.15) is 18.4 Å². The molecule has 170 valence electrons. The highest BCUT2D eigenvalue weighted by Gasteiger charge is 2.29. The van der Waals surface area contributed by atoms with E-state index in [9.17, 15) is 12.8 Å². The highest BCUT2D eigenvalue weighted by molar-refractivity contribution is 7.89. The second-order valence-electron chi connectivity index (χ2n) is 7.61. The van der Waals surface area contributed by atoms with E-state index in [0.29, 0.717) is 45.2 Å². The van der Waals surface area contributed by atoms with Gasteiger partial charge in [-0.15, -0.1) is 0 Å². The Kier molecular flexibility index (Phi) is 6.59. The fourth-order valence-corrected chi connectivity index (χ4v) is 5.08. The fraction of sp³-hybridized carbons (Fsp3) is 0.348. The Hall–Kier alpha value is -2.75. The smallest absolute Gasteiger partial charge is 0.243 e. The summed E-state index contributed by atoms with van der Waals surface area (Å²) in [5.41, 5.74) is 1.71. The molecule has 0 unspecified atom stereocenters. The molecular weight excluding hydrogens is 433 g/mol.